The average molecular weight is 303 g/mol. The number of thioether (sulfide) groups is 1. The van der Waals surface area contributed by atoms with Crippen molar-refractivity contribution >= 4 is 29.7 Å². The summed E-state index contributed by atoms with van der Waals surface area (Å²) in [4.78, 5) is 35.9. The molecule has 20 heavy (non-hydrogen) atoms. The summed E-state index contributed by atoms with van der Waals surface area (Å²) in [5.41, 5.74) is 5.08. The first-order chi connectivity index (χ1) is 9.36. The zero-order valence-electron chi connectivity index (χ0n) is 11.7. The monoisotopic (exact) mass is 303 g/mol. The molecular weight excluding hydrogens is 282 g/mol. The molecule has 3 atom stereocenters. The largest absolute Gasteiger partial charge is 0.481 e. The summed E-state index contributed by atoms with van der Waals surface area (Å²) >= 11 is 1.57. The van der Waals surface area contributed by atoms with Crippen molar-refractivity contribution in [2.45, 2.75) is 19.4 Å². The van der Waals surface area contributed by atoms with Gasteiger partial charge in [0, 0.05) is 13.1 Å². The van der Waals surface area contributed by atoms with Gasteiger partial charge < -0.3 is 21.1 Å². The first-order valence-corrected chi connectivity index (χ1v) is 7.82. The topological polar surface area (TPSA) is 113 Å². The minimum atomic E-state index is -0.892. The van der Waals surface area contributed by atoms with Crippen LogP contribution in [0.2, 0.25) is 0 Å². The van der Waals surface area contributed by atoms with E-state index in [1.54, 1.807) is 11.8 Å². The lowest BCUT2D eigenvalue weighted by Crippen LogP contribution is -2.50. The molecule has 0 saturated carbocycles. The molecule has 1 aliphatic rings. The molecule has 0 spiro atoms. The van der Waals surface area contributed by atoms with E-state index in [1.807, 2.05) is 13.2 Å². The van der Waals surface area contributed by atoms with E-state index in [-0.39, 0.29) is 18.4 Å². The van der Waals surface area contributed by atoms with Gasteiger partial charge in [0.05, 0.1) is 5.92 Å². The number of amides is 3. The van der Waals surface area contributed by atoms with E-state index in [9.17, 15) is 14.4 Å². The van der Waals surface area contributed by atoms with Crippen LogP contribution in [-0.2, 0) is 9.59 Å². The number of likely N-dealkylation sites (tertiary alicyclic amines) is 1. The van der Waals surface area contributed by atoms with Crippen LogP contribution in [0.25, 0.3) is 0 Å². The van der Waals surface area contributed by atoms with Crippen molar-refractivity contribution in [3.05, 3.63) is 0 Å². The molecule has 8 heteroatoms. The molecule has 7 nitrogen and oxygen atoms in total. The molecule has 3 unspecified atom stereocenters. The molecule has 0 radical (unpaired) electrons. The van der Waals surface area contributed by atoms with Gasteiger partial charge in [-0.15, -0.1) is 0 Å². The van der Waals surface area contributed by atoms with E-state index in [0.29, 0.717) is 18.7 Å². The predicted molar refractivity (Wildman–Crippen MR) is 76.4 cm³/mol. The van der Waals surface area contributed by atoms with Crippen LogP contribution in [0.1, 0.15) is 13.3 Å². The summed E-state index contributed by atoms with van der Waals surface area (Å²) < 4.78 is 0. The first kappa shape index (κ1) is 16.6. The van der Waals surface area contributed by atoms with E-state index < -0.39 is 24.0 Å². The molecule has 0 bridgehead atoms. The number of urea groups is 1. The number of carbonyl (C=O) groups excluding carboxylic acids is 2. The number of hydrogen-bond acceptors (Lipinski definition) is 4. The lowest BCUT2D eigenvalue weighted by atomic mass is 9.99. The van der Waals surface area contributed by atoms with Crippen LogP contribution in [0.5, 0.6) is 0 Å². The van der Waals surface area contributed by atoms with Crippen LogP contribution in [0, 0.1) is 11.8 Å². The Hall–Kier alpha value is -1.44. The van der Waals surface area contributed by atoms with Crippen LogP contribution in [0.4, 0.5) is 4.79 Å². The minimum Gasteiger partial charge on any atom is -0.481 e. The van der Waals surface area contributed by atoms with Gasteiger partial charge in [-0.05, 0) is 24.3 Å². The molecular formula is C12H21N3O4S. The third-order valence-corrected chi connectivity index (χ3v) is 4.11. The number of hydrogen-bond donors (Lipinski definition) is 3. The predicted octanol–water partition coefficient (Wildman–Crippen LogP) is -0.0445. The fraction of sp³-hybridized carbons (Fsp3) is 0.750. The van der Waals surface area contributed by atoms with Crippen molar-refractivity contribution in [1.29, 1.82) is 0 Å². The number of carboxylic acids is 1. The summed E-state index contributed by atoms with van der Waals surface area (Å²) in [6.07, 6.45) is 2.38. The second-order valence-electron chi connectivity index (χ2n) is 5.01. The highest BCUT2D eigenvalue weighted by Gasteiger charge is 2.38. The fourth-order valence-corrected chi connectivity index (χ4v) is 2.82. The molecule has 1 fully saturated rings. The highest BCUT2D eigenvalue weighted by molar-refractivity contribution is 7.98. The summed E-state index contributed by atoms with van der Waals surface area (Å²) in [5, 5.41) is 11.5. The minimum absolute atomic E-state index is 0.0915. The standard InChI is InChI=1S/C12H21N3O4S/c1-7-5-15(6-8(7)11(17)18)10(16)9(3-4-20-2)14-12(13)19/h7-9H,3-6H2,1-2H3,(H,17,18)(H3,13,14,19). The van der Waals surface area contributed by atoms with Crippen molar-refractivity contribution in [1.82, 2.24) is 10.2 Å². The van der Waals surface area contributed by atoms with Crippen molar-refractivity contribution < 1.29 is 19.5 Å². The molecule has 0 aromatic rings. The molecule has 0 aromatic heterocycles. The van der Waals surface area contributed by atoms with Crippen molar-refractivity contribution in [3.8, 4) is 0 Å². The van der Waals surface area contributed by atoms with E-state index in [2.05, 4.69) is 5.32 Å². The quantitative estimate of drug-likeness (QED) is 0.637. The SMILES string of the molecule is CSCCC(NC(N)=O)C(=O)N1CC(C)C(C(=O)O)C1. The van der Waals surface area contributed by atoms with Crippen LogP contribution in [0.15, 0.2) is 0 Å². The zero-order chi connectivity index (χ0) is 15.3. The number of primary amides is 1. The maximum absolute atomic E-state index is 12.4. The Morgan fingerprint density at radius 1 is 1.45 bits per heavy atom. The number of nitrogens with two attached hydrogens (primary N) is 1. The average Bonchev–Trinajstić information content (AvgIpc) is 2.75. The van der Waals surface area contributed by atoms with Gasteiger partial charge in [-0.1, -0.05) is 6.92 Å². The smallest absolute Gasteiger partial charge is 0.312 e. The van der Waals surface area contributed by atoms with Crippen LogP contribution < -0.4 is 11.1 Å². The maximum Gasteiger partial charge on any atom is 0.312 e. The fourth-order valence-electron chi connectivity index (χ4n) is 2.35. The van der Waals surface area contributed by atoms with Gasteiger partial charge in [0.2, 0.25) is 5.91 Å². The molecule has 1 saturated heterocycles. The molecule has 0 aliphatic carbocycles. The van der Waals surface area contributed by atoms with Gasteiger partial charge in [0.1, 0.15) is 6.04 Å². The molecule has 1 heterocycles. The number of aliphatic carboxylic acids is 1. The third kappa shape index (κ3) is 4.29. The molecule has 0 aromatic carbocycles. The van der Waals surface area contributed by atoms with Crippen molar-refractivity contribution in [2.75, 3.05) is 25.1 Å². The summed E-state index contributed by atoms with van der Waals surface area (Å²) in [7, 11) is 0. The summed E-state index contributed by atoms with van der Waals surface area (Å²) in [6.45, 7) is 2.39. The lowest BCUT2D eigenvalue weighted by Gasteiger charge is -2.23. The van der Waals surface area contributed by atoms with E-state index in [4.69, 9.17) is 10.8 Å². The molecule has 4 N–H and O–H groups in total. The Morgan fingerprint density at radius 2 is 2.10 bits per heavy atom. The summed E-state index contributed by atoms with van der Waals surface area (Å²) in [5.74, 6) is -1.08. The van der Waals surface area contributed by atoms with Gasteiger partial charge in [-0.2, -0.15) is 11.8 Å². The van der Waals surface area contributed by atoms with Gasteiger partial charge in [-0.25, -0.2) is 4.79 Å². The van der Waals surface area contributed by atoms with Crippen LogP contribution >= 0.6 is 11.8 Å². The molecule has 1 rings (SSSR count). The molecule has 1 aliphatic heterocycles. The number of nitrogens with zero attached hydrogens (tertiary/aromatic N) is 1. The number of carboxylic acid groups (broad SMARTS) is 1. The first-order valence-electron chi connectivity index (χ1n) is 6.43. The van der Waals surface area contributed by atoms with Gasteiger partial charge in [0.15, 0.2) is 0 Å². The van der Waals surface area contributed by atoms with Crippen molar-refractivity contribution in [3.63, 3.8) is 0 Å². The Balaban J connectivity index is 2.69. The lowest BCUT2D eigenvalue weighted by molar-refractivity contribution is -0.142. The van der Waals surface area contributed by atoms with Gasteiger partial charge in [-0.3, -0.25) is 9.59 Å². The second kappa shape index (κ2) is 7.37. The van der Waals surface area contributed by atoms with Crippen LogP contribution in [-0.4, -0.2) is 59.1 Å². The van der Waals surface area contributed by atoms with E-state index >= 15 is 0 Å². The van der Waals surface area contributed by atoms with E-state index in [0.717, 1.165) is 0 Å². The zero-order valence-corrected chi connectivity index (χ0v) is 12.5. The Morgan fingerprint density at radius 3 is 2.55 bits per heavy atom. The second-order valence-corrected chi connectivity index (χ2v) is 5.99. The Kier molecular flexibility index (Phi) is 6.12. The number of carbonyl (C=O) groups is 3. The molecule has 3 amide bonds. The highest BCUT2D eigenvalue weighted by atomic mass is 32.2. The van der Waals surface area contributed by atoms with Crippen molar-refractivity contribution in [2.24, 2.45) is 17.6 Å². The van der Waals surface area contributed by atoms with Gasteiger partial charge >= 0.3 is 12.0 Å². The third-order valence-electron chi connectivity index (χ3n) is 3.47. The highest BCUT2D eigenvalue weighted by Crippen LogP contribution is 2.24. The summed E-state index contributed by atoms with van der Waals surface area (Å²) in [6, 6.07) is -1.42. The normalized spacial score (nSPS) is 23.4. The number of rotatable bonds is 6. The Bertz CT molecular complexity index is 391. The van der Waals surface area contributed by atoms with E-state index in [1.165, 1.54) is 4.90 Å². The maximum atomic E-state index is 12.4. The van der Waals surface area contributed by atoms with Gasteiger partial charge in [0.25, 0.3) is 0 Å². The van der Waals surface area contributed by atoms with Crippen LogP contribution in [0.3, 0.4) is 0 Å². The number of nitrogens with one attached hydrogen (secondary N) is 1. The Labute approximate surface area is 122 Å². The molecule has 114 valence electrons.